The Morgan fingerprint density at radius 3 is 2.41 bits per heavy atom. The van der Waals surface area contributed by atoms with Crippen molar-refractivity contribution in [1.82, 2.24) is 0 Å². The number of aldehydes is 1. The zero-order chi connectivity index (χ0) is 13.2. The van der Waals surface area contributed by atoms with Gasteiger partial charge in [-0.2, -0.15) is 0 Å². The Kier molecular flexibility index (Phi) is 3.44. The van der Waals surface area contributed by atoms with Gasteiger partial charge in [-0.25, -0.2) is 13.6 Å². The summed E-state index contributed by atoms with van der Waals surface area (Å²) in [5.41, 5.74) is -0.817. The van der Waals surface area contributed by atoms with E-state index >= 15 is 0 Å². The van der Waals surface area contributed by atoms with Crippen LogP contribution in [0.15, 0.2) is 17.0 Å². The van der Waals surface area contributed by atoms with Gasteiger partial charge in [0.25, 0.3) is 5.69 Å². The first-order chi connectivity index (χ1) is 7.81. The van der Waals surface area contributed by atoms with Crippen LogP contribution in [0.5, 0.6) is 5.75 Å². The van der Waals surface area contributed by atoms with Crippen molar-refractivity contribution in [2.45, 2.75) is 4.90 Å². The number of carbonyl (C=O) groups excluding carboxylic acids is 1. The summed E-state index contributed by atoms with van der Waals surface area (Å²) in [6.45, 7) is 0. The molecule has 0 heterocycles. The molecule has 0 unspecified atom stereocenters. The fourth-order valence-corrected chi connectivity index (χ4v) is 1.98. The lowest BCUT2D eigenvalue weighted by atomic mass is 10.2. The van der Waals surface area contributed by atoms with Crippen molar-refractivity contribution in [2.24, 2.45) is 5.14 Å². The molecule has 8 nitrogen and oxygen atoms in total. The first-order valence-electron chi connectivity index (χ1n) is 4.15. The van der Waals surface area contributed by atoms with E-state index in [0.717, 1.165) is 19.2 Å². The van der Waals surface area contributed by atoms with Crippen molar-refractivity contribution in [3.8, 4) is 5.75 Å². The maximum absolute atomic E-state index is 11.2. The molecular weight excluding hydrogens is 252 g/mol. The number of nitro groups is 1. The van der Waals surface area contributed by atoms with Crippen molar-refractivity contribution in [1.29, 1.82) is 0 Å². The third-order valence-corrected chi connectivity index (χ3v) is 2.83. The number of benzene rings is 1. The van der Waals surface area contributed by atoms with Gasteiger partial charge in [-0.15, -0.1) is 0 Å². The molecule has 0 fully saturated rings. The van der Waals surface area contributed by atoms with Gasteiger partial charge in [0.05, 0.1) is 17.6 Å². The standard InChI is InChI=1S/C8H8N2O6S/c1-16-8-5(4-11)2-6(10(12)13)3-7(8)17(9,14)15/h2-4H,1H3,(H2,9,14,15). The van der Waals surface area contributed by atoms with Crippen LogP contribution in [0.1, 0.15) is 10.4 Å². The number of primary sulfonamides is 1. The molecule has 17 heavy (non-hydrogen) atoms. The van der Waals surface area contributed by atoms with Gasteiger partial charge < -0.3 is 4.74 Å². The smallest absolute Gasteiger partial charge is 0.271 e. The van der Waals surface area contributed by atoms with Crippen LogP contribution < -0.4 is 9.88 Å². The molecule has 0 aliphatic heterocycles. The van der Waals surface area contributed by atoms with Crippen LogP contribution in [-0.2, 0) is 10.0 Å². The minimum Gasteiger partial charge on any atom is -0.495 e. The average Bonchev–Trinajstić information content (AvgIpc) is 2.25. The van der Waals surface area contributed by atoms with Crippen LogP contribution in [0.2, 0.25) is 0 Å². The molecule has 0 bridgehead atoms. The van der Waals surface area contributed by atoms with Gasteiger partial charge >= 0.3 is 0 Å². The first kappa shape index (κ1) is 13.1. The molecule has 1 aromatic rings. The van der Waals surface area contributed by atoms with Crippen LogP contribution in [0.25, 0.3) is 0 Å². The number of rotatable bonds is 4. The Balaban J connectivity index is 3.72. The molecule has 0 amide bonds. The minimum atomic E-state index is -4.22. The number of nitrogens with zero attached hydrogens (tertiary/aromatic N) is 1. The number of nitrogens with two attached hydrogens (primary N) is 1. The summed E-state index contributed by atoms with van der Waals surface area (Å²) in [4.78, 5) is 19.8. The fourth-order valence-electron chi connectivity index (χ4n) is 1.23. The third kappa shape index (κ3) is 2.57. The predicted octanol–water partition coefficient (Wildman–Crippen LogP) is 0.0633. The zero-order valence-electron chi connectivity index (χ0n) is 8.61. The van der Waals surface area contributed by atoms with E-state index in [4.69, 9.17) is 9.88 Å². The maximum Gasteiger partial charge on any atom is 0.271 e. The molecule has 2 N–H and O–H groups in total. The molecule has 0 radical (unpaired) electrons. The minimum absolute atomic E-state index is 0.251. The summed E-state index contributed by atoms with van der Waals surface area (Å²) >= 11 is 0. The topological polar surface area (TPSA) is 130 Å². The van der Waals surface area contributed by atoms with Crippen LogP contribution in [0.3, 0.4) is 0 Å². The summed E-state index contributed by atoms with van der Waals surface area (Å²) in [6.07, 6.45) is 0.251. The maximum atomic E-state index is 11.2. The fraction of sp³-hybridized carbons (Fsp3) is 0.125. The molecular formula is C8H8N2O6S. The lowest BCUT2D eigenvalue weighted by Gasteiger charge is -2.08. The highest BCUT2D eigenvalue weighted by Crippen LogP contribution is 2.30. The van der Waals surface area contributed by atoms with E-state index in [1.807, 2.05) is 0 Å². The summed E-state index contributed by atoms with van der Waals surface area (Å²) < 4.78 is 27.1. The van der Waals surface area contributed by atoms with Gasteiger partial charge in [0, 0.05) is 12.1 Å². The second-order valence-corrected chi connectivity index (χ2v) is 4.52. The highest BCUT2D eigenvalue weighted by Gasteiger charge is 2.23. The molecule has 0 saturated carbocycles. The van der Waals surface area contributed by atoms with E-state index in [-0.39, 0.29) is 17.6 Å². The summed E-state index contributed by atoms with van der Waals surface area (Å²) in [5.74, 6) is -0.312. The quantitative estimate of drug-likeness (QED) is 0.463. The number of methoxy groups -OCH3 is 1. The van der Waals surface area contributed by atoms with Gasteiger partial charge in [-0.1, -0.05) is 0 Å². The Hall–Kier alpha value is -2.00. The van der Waals surface area contributed by atoms with Crippen LogP contribution in [0, 0.1) is 10.1 Å². The largest absolute Gasteiger partial charge is 0.495 e. The van der Waals surface area contributed by atoms with E-state index in [9.17, 15) is 23.3 Å². The van der Waals surface area contributed by atoms with Gasteiger partial charge in [0.2, 0.25) is 10.0 Å². The van der Waals surface area contributed by atoms with Gasteiger partial charge in [0.1, 0.15) is 10.6 Å². The Bertz CT molecular complexity index is 580. The highest BCUT2D eigenvalue weighted by atomic mass is 32.2. The van der Waals surface area contributed by atoms with Crippen molar-refractivity contribution in [3.63, 3.8) is 0 Å². The SMILES string of the molecule is COc1c(C=O)cc([N+](=O)[O-])cc1S(N)(=O)=O. The number of carbonyl (C=O) groups is 1. The van der Waals surface area contributed by atoms with Crippen LogP contribution in [0.4, 0.5) is 5.69 Å². The van der Waals surface area contributed by atoms with Crippen molar-refractivity contribution < 1.29 is 22.9 Å². The number of hydrogen-bond donors (Lipinski definition) is 1. The molecule has 1 rings (SSSR count). The van der Waals surface area contributed by atoms with E-state index in [2.05, 4.69) is 0 Å². The van der Waals surface area contributed by atoms with Gasteiger partial charge in [0.15, 0.2) is 6.29 Å². The number of non-ortho nitro benzene ring substituents is 1. The Morgan fingerprint density at radius 1 is 1.47 bits per heavy atom. The molecule has 0 aromatic heterocycles. The van der Waals surface area contributed by atoms with Crippen LogP contribution >= 0.6 is 0 Å². The molecule has 0 saturated heterocycles. The molecule has 1 aromatic carbocycles. The summed E-state index contributed by atoms with van der Waals surface area (Å²) in [5, 5.41) is 15.4. The van der Waals surface area contributed by atoms with E-state index < -0.39 is 25.5 Å². The number of nitro benzene ring substituents is 1. The first-order valence-corrected chi connectivity index (χ1v) is 5.70. The molecule has 0 aliphatic carbocycles. The second-order valence-electron chi connectivity index (χ2n) is 2.99. The van der Waals surface area contributed by atoms with Gasteiger partial charge in [-0.3, -0.25) is 14.9 Å². The summed E-state index contributed by atoms with van der Waals surface area (Å²) in [7, 11) is -3.09. The predicted molar refractivity (Wildman–Crippen MR) is 56.4 cm³/mol. The molecule has 0 aliphatic rings. The van der Waals surface area contributed by atoms with Crippen molar-refractivity contribution in [2.75, 3.05) is 7.11 Å². The Labute approximate surface area is 96.2 Å². The monoisotopic (exact) mass is 260 g/mol. The van der Waals surface area contributed by atoms with Gasteiger partial charge in [-0.05, 0) is 0 Å². The number of hydrogen-bond acceptors (Lipinski definition) is 6. The molecule has 0 spiro atoms. The lowest BCUT2D eigenvalue weighted by molar-refractivity contribution is -0.385. The molecule has 0 atom stereocenters. The molecule has 9 heteroatoms. The second kappa shape index (κ2) is 4.47. The van der Waals surface area contributed by atoms with Crippen molar-refractivity contribution >= 4 is 22.0 Å². The third-order valence-electron chi connectivity index (χ3n) is 1.92. The Morgan fingerprint density at radius 2 is 2.06 bits per heavy atom. The van der Waals surface area contributed by atoms with E-state index in [1.54, 1.807) is 0 Å². The zero-order valence-corrected chi connectivity index (χ0v) is 9.43. The normalized spacial score (nSPS) is 10.9. The van der Waals surface area contributed by atoms with E-state index in [0.29, 0.717) is 0 Å². The lowest BCUT2D eigenvalue weighted by Crippen LogP contribution is -2.14. The number of sulfonamides is 1. The van der Waals surface area contributed by atoms with Crippen molar-refractivity contribution in [3.05, 3.63) is 27.8 Å². The number of ether oxygens (including phenoxy) is 1. The average molecular weight is 260 g/mol. The highest BCUT2D eigenvalue weighted by molar-refractivity contribution is 7.89. The molecule has 92 valence electrons. The summed E-state index contributed by atoms with van der Waals surface area (Å²) in [6, 6.07) is 1.64. The van der Waals surface area contributed by atoms with Crippen LogP contribution in [-0.4, -0.2) is 26.7 Å². The van der Waals surface area contributed by atoms with E-state index in [1.165, 1.54) is 0 Å².